The first-order chi connectivity index (χ1) is 27.9. The van der Waals surface area contributed by atoms with Crippen molar-refractivity contribution in [2.24, 2.45) is 0 Å². The molecule has 1 spiro atoms. The lowest BCUT2D eigenvalue weighted by molar-refractivity contribution is -0.101. The van der Waals surface area contributed by atoms with Crippen molar-refractivity contribution in [1.82, 2.24) is 38.9 Å². The molecule has 6 heterocycles. The fourth-order valence-corrected chi connectivity index (χ4v) is 8.48. The van der Waals surface area contributed by atoms with Crippen molar-refractivity contribution < 1.29 is 37.7 Å². The number of benzene rings is 2. The Labute approximate surface area is 330 Å². The Hall–Kier alpha value is -5.43. The molecule has 0 radical (unpaired) electrons. The molecule has 1 amide bonds. The number of ether oxygens (including phenoxy) is 2. The maximum Gasteiger partial charge on any atom is 0.282 e. The molecule has 9 rings (SSSR count). The number of anilines is 1. The number of aryl methyl sites for hydroxylation is 1. The molecular weight excluding hydrogens is 759 g/mol. The molecule has 5 aromatic rings. The Morgan fingerprint density at radius 3 is 2.53 bits per heavy atom. The topological polar surface area (TPSA) is 172 Å². The number of aromatic hydroxyl groups is 1. The lowest BCUT2D eigenvalue weighted by atomic mass is 9.85. The first kappa shape index (κ1) is 38.1. The maximum atomic E-state index is 15.9. The molecule has 15 nitrogen and oxygen atoms in total. The summed E-state index contributed by atoms with van der Waals surface area (Å²) in [6.45, 7) is 5.63. The van der Waals surface area contributed by atoms with E-state index in [1.165, 1.54) is 29.4 Å². The van der Waals surface area contributed by atoms with Gasteiger partial charge in [-0.2, -0.15) is 9.50 Å². The number of fused-ring (bicyclic) bond motifs is 3. The standard InChI is InChI=1S/C40H42F3N9O6/c1-21-35(54)33(45-20-44-21)38(56)50-11-9-40(10-12-50)30-34(22(2)58-40)51(19-29(53)46-28-8-6-24(17-27(28)41)23-3-4-23)39-47-36(48-52(39)37(30)55)26-7-5-25(31(42)32(26)43)18-49-13-15-57-16-14-49/h5-8,17,20,22-23,29,46,53-54H,3-4,9-16,18-19H2,1-2H3. The molecule has 2 atom stereocenters. The first-order valence-electron chi connectivity index (χ1n) is 19.5. The van der Waals surface area contributed by atoms with E-state index in [1.54, 1.807) is 24.5 Å². The van der Waals surface area contributed by atoms with E-state index in [2.05, 4.69) is 25.4 Å². The van der Waals surface area contributed by atoms with Gasteiger partial charge in [0.15, 0.2) is 28.9 Å². The number of rotatable bonds is 9. The summed E-state index contributed by atoms with van der Waals surface area (Å²) in [7, 11) is 0. The summed E-state index contributed by atoms with van der Waals surface area (Å²) in [5, 5.41) is 29.2. The highest BCUT2D eigenvalue weighted by atomic mass is 19.2. The average molecular weight is 802 g/mol. The molecule has 2 aromatic carbocycles. The zero-order valence-corrected chi connectivity index (χ0v) is 31.9. The lowest BCUT2D eigenvalue weighted by Gasteiger charge is -2.39. The largest absolute Gasteiger partial charge is 0.504 e. The summed E-state index contributed by atoms with van der Waals surface area (Å²) < 4.78 is 61.3. The number of nitrogens with one attached hydrogen (secondary N) is 1. The highest BCUT2D eigenvalue weighted by molar-refractivity contribution is 5.95. The second-order valence-electron chi connectivity index (χ2n) is 15.5. The van der Waals surface area contributed by atoms with Crippen LogP contribution < -0.4 is 10.9 Å². The summed E-state index contributed by atoms with van der Waals surface area (Å²) in [6.07, 6.45) is 1.39. The number of aromatic nitrogens is 6. The van der Waals surface area contributed by atoms with Crippen molar-refractivity contribution in [2.45, 2.75) is 76.5 Å². The molecular formula is C40H42F3N9O6. The van der Waals surface area contributed by atoms with Crippen LogP contribution in [0, 0.1) is 24.4 Å². The summed E-state index contributed by atoms with van der Waals surface area (Å²) >= 11 is 0. The smallest absolute Gasteiger partial charge is 0.282 e. The van der Waals surface area contributed by atoms with Gasteiger partial charge in [-0.15, -0.1) is 5.10 Å². The molecule has 2 unspecified atom stereocenters. The van der Waals surface area contributed by atoms with Gasteiger partial charge >= 0.3 is 0 Å². The van der Waals surface area contributed by atoms with Crippen LogP contribution >= 0.6 is 0 Å². The molecule has 3 aliphatic heterocycles. The van der Waals surface area contributed by atoms with E-state index in [1.807, 2.05) is 11.0 Å². The quantitative estimate of drug-likeness (QED) is 0.182. The number of aliphatic hydroxyl groups excluding tert-OH is 1. The van der Waals surface area contributed by atoms with Crippen molar-refractivity contribution >= 4 is 17.4 Å². The Morgan fingerprint density at radius 2 is 1.81 bits per heavy atom. The number of amides is 1. The molecule has 18 heteroatoms. The van der Waals surface area contributed by atoms with Crippen LogP contribution in [0.4, 0.5) is 18.9 Å². The van der Waals surface area contributed by atoms with Gasteiger partial charge in [0.25, 0.3) is 11.5 Å². The van der Waals surface area contributed by atoms with Crippen LogP contribution in [0.2, 0.25) is 0 Å². The van der Waals surface area contributed by atoms with Gasteiger partial charge in [-0.05, 0) is 69.2 Å². The van der Waals surface area contributed by atoms with Crippen molar-refractivity contribution in [3.05, 3.63) is 98.2 Å². The summed E-state index contributed by atoms with van der Waals surface area (Å²) in [4.78, 5) is 44.0. The average Bonchev–Trinajstić information content (AvgIpc) is 3.90. The summed E-state index contributed by atoms with van der Waals surface area (Å²) in [5.74, 6) is -3.57. The van der Waals surface area contributed by atoms with Crippen LogP contribution in [0.15, 0.2) is 41.5 Å². The van der Waals surface area contributed by atoms with E-state index < -0.39 is 46.9 Å². The number of aliphatic hydroxyl groups is 1. The normalized spacial score (nSPS) is 19.8. The minimum Gasteiger partial charge on any atom is -0.504 e. The summed E-state index contributed by atoms with van der Waals surface area (Å²) in [6, 6.07) is 7.70. The molecule has 4 aliphatic rings. The van der Waals surface area contributed by atoms with E-state index >= 15 is 13.2 Å². The Bertz CT molecular complexity index is 2490. The van der Waals surface area contributed by atoms with Gasteiger partial charge in [0.2, 0.25) is 5.78 Å². The van der Waals surface area contributed by atoms with Crippen molar-refractivity contribution in [2.75, 3.05) is 44.7 Å². The molecule has 58 heavy (non-hydrogen) atoms. The fourth-order valence-electron chi connectivity index (χ4n) is 8.48. The zero-order chi connectivity index (χ0) is 40.5. The van der Waals surface area contributed by atoms with Crippen molar-refractivity contribution in [3.63, 3.8) is 0 Å². The van der Waals surface area contributed by atoms with Gasteiger partial charge in [0.05, 0.1) is 54.1 Å². The molecule has 3 N–H and O–H groups in total. The number of hydrogen-bond donors (Lipinski definition) is 3. The van der Waals surface area contributed by atoms with E-state index in [9.17, 15) is 19.8 Å². The number of likely N-dealkylation sites (tertiary alicyclic amines) is 1. The van der Waals surface area contributed by atoms with Crippen LogP contribution in [0.1, 0.15) is 83.2 Å². The van der Waals surface area contributed by atoms with E-state index in [4.69, 9.17) is 9.47 Å². The second-order valence-corrected chi connectivity index (χ2v) is 15.5. The Balaban J connectivity index is 1.09. The monoisotopic (exact) mass is 801 g/mol. The third-order valence-electron chi connectivity index (χ3n) is 11.7. The molecule has 0 bridgehead atoms. The molecule has 2 saturated heterocycles. The van der Waals surface area contributed by atoms with Gasteiger partial charge in [-0.25, -0.2) is 23.1 Å². The van der Waals surface area contributed by atoms with E-state index in [-0.39, 0.29) is 90.1 Å². The second kappa shape index (κ2) is 14.7. The molecule has 1 saturated carbocycles. The van der Waals surface area contributed by atoms with Gasteiger partial charge in [-0.3, -0.25) is 14.5 Å². The van der Waals surface area contributed by atoms with Gasteiger partial charge in [0.1, 0.15) is 24.0 Å². The number of morpholine rings is 1. The Morgan fingerprint density at radius 1 is 1.05 bits per heavy atom. The zero-order valence-electron chi connectivity index (χ0n) is 31.9. The Kier molecular flexibility index (Phi) is 9.69. The highest BCUT2D eigenvalue weighted by Crippen LogP contribution is 2.48. The first-order valence-corrected chi connectivity index (χ1v) is 19.5. The van der Waals surface area contributed by atoms with Crippen LogP contribution in [0.3, 0.4) is 0 Å². The number of hydrogen-bond acceptors (Lipinski definition) is 12. The predicted molar refractivity (Wildman–Crippen MR) is 201 cm³/mol. The van der Waals surface area contributed by atoms with Gasteiger partial charge in [-0.1, -0.05) is 12.1 Å². The number of piperidine rings is 1. The maximum absolute atomic E-state index is 15.9. The third-order valence-corrected chi connectivity index (χ3v) is 11.7. The van der Waals surface area contributed by atoms with E-state index in [0.29, 0.717) is 37.9 Å². The van der Waals surface area contributed by atoms with E-state index in [0.717, 1.165) is 22.9 Å². The lowest BCUT2D eigenvalue weighted by Crippen LogP contribution is -2.47. The minimum absolute atomic E-state index is 0.0731. The van der Waals surface area contributed by atoms with Crippen LogP contribution in [-0.2, 0) is 28.2 Å². The molecule has 3 aromatic heterocycles. The summed E-state index contributed by atoms with van der Waals surface area (Å²) in [5.41, 5.74) is -0.256. The van der Waals surface area contributed by atoms with Crippen molar-refractivity contribution in [3.8, 4) is 17.1 Å². The third kappa shape index (κ3) is 6.66. The van der Waals surface area contributed by atoms with Gasteiger partial charge < -0.3 is 34.5 Å². The fraction of sp³-hybridized carbons (Fsp3) is 0.450. The van der Waals surface area contributed by atoms with Crippen LogP contribution in [0.5, 0.6) is 5.75 Å². The minimum atomic E-state index is -1.42. The molecule has 1 aliphatic carbocycles. The number of carbonyl (C=O) groups is 1. The predicted octanol–water partition coefficient (Wildman–Crippen LogP) is 4.14. The SMILES string of the molecule is Cc1ncnc(C(=O)N2CCC3(CC2)OC(C)c2c3c(=O)n3nc(-c4ccc(CN5CCOCC5)c(F)c4F)nc3n2CC(O)Nc2ccc(C3CC3)cc2F)c1O. The van der Waals surface area contributed by atoms with Crippen LogP contribution in [0.25, 0.3) is 17.2 Å². The highest BCUT2D eigenvalue weighted by Gasteiger charge is 2.51. The number of halogens is 3. The molecule has 3 fully saturated rings. The molecule has 304 valence electrons. The van der Waals surface area contributed by atoms with Crippen molar-refractivity contribution in [1.29, 1.82) is 0 Å². The number of nitrogens with zero attached hydrogens (tertiary/aromatic N) is 8. The number of carbonyl (C=O) groups excluding carboxylic acids is 1. The van der Waals surface area contributed by atoms with Crippen LogP contribution in [-0.4, -0.2) is 101 Å². The van der Waals surface area contributed by atoms with Gasteiger partial charge in [0, 0.05) is 38.3 Å².